The number of ether oxygens (including phenoxy) is 5. The van der Waals surface area contributed by atoms with Crippen molar-refractivity contribution in [2.45, 2.75) is 132 Å². The molecule has 4 fully saturated rings. The van der Waals surface area contributed by atoms with E-state index < -0.39 is 87.0 Å². The standard InChI is InChI=1S/C36H60IN3O11/c1-19-17-34(6,47-11)29(49-31-27(43)24(38(8)9)16-20(2)48-31)22(4)26(42)23(5)30(44)50-32(37)35(7)28(21(3)25(19)41)40(33(45)51-35)18-36(46)12-14-39(10)15-13-36/h19-24,27-29,31-32,43,46H,12-18H2,1-11H3/t19-,20-,21+,22+,23-,24+,27-,28-,29-,31+,32+,34-,35+/m1/s1. The number of carbonyl (C=O) groups is 4. The average molecular weight is 838 g/mol. The van der Waals surface area contributed by atoms with Crippen LogP contribution in [0, 0.1) is 23.7 Å². The molecule has 4 aliphatic rings. The molecular formula is C36H60IN3O11. The Kier molecular flexibility index (Phi) is 13.3. The number of aliphatic hydroxyl groups excluding tert-OH is 1. The van der Waals surface area contributed by atoms with Crippen LogP contribution in [-0.4, -0.2) is 154 Å². The van der Waals surface area contributed by atoms with Crippen LogP contribution in [0.3, 0.4) is 0 Å². The molecule has 4 saturated heterocycles. The summed E-state index contributed by atoms with van der Waals surface area (Å²) in [5, 5.41) is 23.0. The van der Waals surface area contributed by atoms with Crippen molar-refractivity contribution in [2.75, 3.05) is 47.9 Å². The molecule has 2 N–H and O–H groups in total. The van der Waals surface area contributed by atoms with Crippen molar-refractivity contribution in [2.24, 2.45) is 23.7 Å². The molecule has 0 radical (unpaired) electrons. The van der Waals surface area contributed by atoms with E-state index in [9.17, 15) is 29.4 Å². The van der Waals surface area contributed by atoms with Crippen LogP contribution in [0.15, 0.2) is 0 Å². The molecule has 292 valence electrons. The first-order chi connectivity index (χ1) is 23.6. The summed E-state index contributed by atoms with van der Waals surface area (Å²) >= 11 is 1.89. The Hall–Kier alpha value is -1.47. The highest BCUT2D eigenvalue weighted by atomic mass is 127. The molecule has 51 heavy (non-hydrogen) atoms. The third-order valence-corrected chi connectivity index (χ3v) is 13.4. The van der Waals surface area contributed by atoms with Gasteiger partial charge in [0.2, 0.25) is 0 Å². The number of alkyl halides is 1. The number of rotatable bonds is 6. The number of likely N-dealkylation sites (tertiary alicyclic amines) is 1. The highest BCUT2D eigenvalue weighted by Crippen LogP contribution is 2.44. The van der Waals surface area contributed by atoms with Crippen LogP contribution in [-0.2, 0) is 38.1 Å². The van der Waals surface area contributed by atoms with Crippen molar-refractivity contribution in [1.29, 1.82) is 0 Å². The first-order valence-corrected chi connectivity index (χ1v) is 19.4. The number of amides is 1. The molecule has 4 rings (SSSR count). The molecule has 0 unspecified atom stereocenters. The van der Waals surface area contributed by atoms with E-state index in [0.29, 0.717) is 32.4 Å². The van der Waals surface area contributed by atoms with E-state index in [2.05, 4.69) is 4.90 Å². The minimum absolute atomic E-state index is 0.0581. The summed E-state index contributed by atoms with van der Waals surface area (Å²) in [6, 6.07) is -1.20. The number of aliphatic hydroxyl groups is 2. The molecule has 4 heterocycles. The number of methoxy groups -OCH3 is 1. The smallest absolute Gasteiger partial charge is 0.411 e. The lowest BCUT2D eigenvalue weighted by Crippen LogP contribution is -2.60. The third kappa shape index (κ3) is 8.60. The van der Waals surface area contributed by atoms with Crippen molar-refractivity contribution >= 4 is 46.2 Å². The molecule has 0 aromatic rings. The summed E-state index contributed by atoms with van der Waals surface area (Å²) in [7, 11) is 7.17. The molecule has 13 atom stereocenters. The van der Waals surface area contributed by atoms with E-state index in [4.69, 9.17) is 23.7 Å². The molecule has 15 heteroatoms. The summed E-state index contributed by atoms with van der Waals surface area (Å²) in [5.41, 5.74) is -3.98. The van der Waals surface area contributed by atoms with E-state index in [-0.39, 0.29) is 30.9 Å². The van der Waals surface area contributed by atoms with Crippen LogP contribution in [0.4, 0.5) is 4.79 Å². The zero-order chi connectivity index (χ0) is 38.4. The summed E-state index contributed by atoms with van der Waals surface area (Å²) in [4.78, 5) is 61.5. The summed E-state index contributed by atoms with van der Waals surface area (Å²) < 4.78 is 29.6. The number of β-amino-alcohol motifs (C(OH)–C–C–N with tert-alkyl or cyclic N) is 1. The van der Waals surface area contributed by atoms with Gasteiger partial charge in [0.25, 0.3) is 0 Å². The number of hydrogen-bond donors (Lipinski definition) is 2. The number of likely N-dealkylation sites (N-methyl/N-ethyl adjacent to an activating group) is 1. The van der Waals surface area contributed by atoms with Gasteiger partial charge in [-0.2, -0.15) is 0 Å². The van der Waals surface area contributed by atoms with E-state index in [1.54, 1.807) is 34.6 Å². The second kappa shape index (κ2) is 16.1. The fraction of sp³-hybridized carbons (Fsp3) is 0.889. The van der Waals surface area contributed by atoms with E-state index in [1.165, 1.54) is 18.9 Å². The van der Waals surface area contributed by atoms with Gasteiger partial charge in [-0.15, -0.1) is 0 Å². The lowest BCUT2D eigenvalue weighted by molar-refractivity contribution is -0.295. The molecule has 0 aromatic carbocycles. The van der Waals surface area contributed by atoms with E-state index in [0.717, 1.165) is 0 Å². The molecule has 0 saturated carbocycles. The van der Waals surface area contributed by atoms with Gasteiger partial charge in [0, 0.05) is 44.0 Å². The van der Waals surface area contributed by atoms with Gasteiger partial charge in [-0.3, -0.25) is 19.3 Å². The number of Topliss-reactive ketones (excluding diaryl/α,β-unsaturated/α-hetero) is 2. The molecule has 4 aliphatic heterocycles. The van der Waals surface area contributed by atoms with Gasteiger partial charge in [0.1, 0.15) is 17.8 Å². The maximum Gasteiger partial charge on any atom is 0.411 e. The van der Waals surface area contributed by atoms with Crippen LogP contribution in [0.5, 0.6) is 0 Å². The number of halogens is 1. The van der Waals surface area contributed by atoms with Crippen LogP contribution in [0.1, 0.15) is 74.1 Å². The Morgan fingerprint density at radius 2 is 1.61 bits per heavy atom. The first-order valence-electron chi connectivity index (χ1n) is 18.1. The maximum absolute atomic E-state index is 14.5. The number of nitrogens with zero attached hydrogens (tertiary/aromatic N) is 3. The van der Waals surface area contributed by atoms with Gasteiger partial charge in [-0.05, 0) is 97.1 Å². The Morgan fingerprint density at radius 1 is 1.00 bits per heavy atom. The average Bonchev–Trinajstić information content (AvgIpc) is 3.32. The van der Waals surface area contributed by atoms with Gasteiger partial charge in [0.05, 0.1) is 36.0 Å². The van der Waals surface area contributed by atoms with Gasteiger partial charge < -0.3 is 43.7 Å². The summed E-state index contributed by atoms with van der Waals surface area (Å²) in [6.07, 6.45) is -2.69. The van der Waals surface area contributed by atoms with Crippen LogP contribution >= 0.6 is 22.6 Å². The number of carbonyl (C=O) groups excluding carboxylic acids is 4. The number of esters is 1. The molecule has 0 spiro atoms. The lowest BCUT2D eigenvalue weighted by Gasteiger charge is -2.47. The molecule has 1 amide bonds. The normalized spacial score (nSPS) is 43.4. The summed E-state index contributed by atoms with van der Waals surface area (Å²) in [5.74, 6) is -5.23. The quantitative estimate of drug-likeness (QED) is 0.174. The van der Waals surface area contributed by atoms with Gasteiger partial charge in [-0.25, -0.2) is 4.79 Å². The van der Waals surface area contributed by atoms with Crippen LogP contribution < -0.4 is 0 Å². The number of hydrogen-bond acceptors (Lipinski definition) is 13. The Balaban J connectivity index is 1.76. The fourth-order valence-electron chi connectivity index (χ4n) is 8.55. The van der Waals surface area contributed by atoms with Gasteiger partial charge >= 0.3 is 12.1 Å². The molecular weight excluding hydrogens is 777 g/mol. The van der Waals surface area contributed by atoms with E-state index >= 15 is 0 Å². The minimum Gasteiger partial charge on any atom is -0.447 e. The lowest BCUT2D eigenvalue weighted by atomic mass is 9.74. The highest BCUT2D eigenvalue weighted by Gasteiger charge is 2.61. The number of fused-ring (bicyclic) bond motifs is 1. The van der Waals surface area contributed by atoms with E-state index in [1.807, 2.05) is 55.6 Å². The fourth-order valence-corrected chi connectivity index (χ4v) is 9.30. The predicted molar refractivity (Wildman–Crippen MR) is 195 cm³/mol. The van der Waals surface area contributed by atoms with Crippen molar-refractivity contribution in [3.05, 3.63) is 0 Å². The second-order valence-electron chi connectivity index (χ2n) is 16.3. The van der Waals surface area contributed by atoms with Crippen LogP contribution in [0.2, 0.25) is 0 Å². The van der Waals surface area contributed by atoms with Crippen molar-refractivity contribution in [3.63, 3.8) is 0 Å². The Bertz CT molecular complexity index is 1300. The monoisotopic (exact) mass is 837 g/mol. The predicted octanol–water partition coefficient (Wildman–Crippen LogP) is 2.63. The number of piperidine rings is 1. The largest absolute Gasteiger partial charge is 0.447 e. The van der Waals surface area contributed by atoms with Gasteiger partial charge in [0.15, 0.2) is 21.8 Å². The Labute approximate surface area is 316 Å². The Morgan fingerprint density at radius 3 is 2.18 bits per heavy atom. The summed E-state index contributed by atoms with van der Waals surface area (Å²) in [6.45, 7) is 13.1. The maximum atomic E-state index is 14.5. The molecule has 0 aromatic heterocycles. The van der Waals surface area contributed by atoms with Crippen molar-refractivity contribution < 1.29 is 53.1 Å². The zero-order valence-electron chi connectivity index (χ0n) is 32.1. The highest BCUT2D eigenvalue weighted by molar-refractivity contribution is 14.1. The zero-order valence-corrected chi connectivity index (χ0v) is 34.2. The minimum atomic E-state index is -1.49. The molecule has 0 bridgehead atoms. The second-order valence-corrected chi connectivity index (χ2v) is 17.4. The number of cyclic esters (lactones) is 1. The van der Waals surface area contributed by atoms with Gasteiger partial charge in [-0.1, -0.05) is 20.8 Å². The topological polar surface area (TPSA) is 165 Å². The number of ketones is 2. The first kappa shape index (κ1) is 42.3. The SMILES string of the molecule is CO[C@]1(C)C[C@@H](C)C(=O)[C@H](C)[C@H]2N(CC3(O)CCN(C)CC3)C(=O)O[C@]2(C)[C@@H](I)OC(=O)[C@H](C)C(=O)[C@H](C)[C@H]1O[C@@H]1O[C@H](C)C[C@H](N(C)C)[C@H]1O. The van der Waals surface area contributed by atoms with Crippen molar-refractivity contribution in [1.82, 2.24) is 14.7 Å². The van der Waals surface area contributed by atoms with Crippen LogP contribution in [0.25, 0.3) is 0 Å². The molecule has 0 aliphatic carbocycles. The third-order valence-electron chi connectivity index (χ3n) is 11.9. The van der Waals surface area contributed by atoms with Crippen molar-refractivity contribution in [3.8, 4) is 0 Å². The molecule has 14 nitrogen and oxygen atoms in total.